The molecule has 1 saturated heterocycles. The highest BCUT2D eigenvalue weighted by Crippen LogP contribution is 2.17. The Morgan fingerprint density at radius 1 is 1.32 bits per heavy atom. The molecule has 1 aromatic heterocycles. The Morgan fingerprint density at radius 3 is 2.72 bits per heavy atom. The summed E-state index contributed by atoms with van der Waals surface area (Å²) in [5.41, 5.74) is 1.20. The largest absolute Gasteiger partial charge is 0.452 e. The molecule has 132 valence electrons. The lowest BCUT2D eigenvalue weighted by Gasteiger charge is -2.30. The number of nitrogens with zero attached hydrogens (tertiary/aromatic N) is 3. The fraction of sp³-hybridized carbons (Fsp3) is 0.444. The molecular weight excluding hydrogens is 320 g/mol. The van der Waals surface area contributed by atoms with Crippen LogP contribution in [-0.2, 0) is 9.53 Å². The predicted octanol–water partition coefficient (Wildman–Crippen LogP) is 2.20. The van der Waals surface area contributed by atoms with Crippen LogP contribution in [0.1, 0.15) is 35.9 Å². The van der Waals surface area contributed by atoms with Crippen molar-refractivity contribution in [2.75, 3.05) is 19.7 Å². The molecule has 1 aromatic carbocycles. The summed E-state index contributed by atoms with van der Waals surface area (Å²) in [7, 11) is 0. The van der Waals surface area contributed by atoms with Gasteiger partial charge in [0.25, 0.3) is 5.91 Å². The number of hydrogen-bond acceptors (Lipinski definition) is 5. The van der Waals surface area contributed by atoms with Crippen LogP contribution in [0, 0.1) is 12.8 Å². The van der Waals surface area contributed by atoms with Crippen LogP contribution in [0.5, 0.6) is 0 Å². The zero-order chi connectivity index (χ0) is 17.8. The Morgan fingerprint density at radius 2 is 2.08 bits per heavy atom. The molecule has 1 N–H and O–H groups in total. The van der Waals surface area contributed by atoms with Crippen molar-refractivity contribution < 1.29 is 14.3 Å². The Labute approximate surface area is 146 Å². The quantitative estimate of drug-likeness (QED) is 0.861. The Balaban J connectivity index is 1.55. The summed E-state index contributed by atoms with van der Waals surface area (Å²) in [6.07, 6.45) is 2.14. The highest BCUT2D eigenvalue weighted by molar-refractivity contribution is 5.91. The summed E-state index contributed by atoms with van der Waals surface area (Å²) in [6, 6.07) is 6.81. The highest BCUT2D eigenvalue weighted by atomic mass is 16.5. The van der Waals surface area contributed by atoms with Gasteiger partial charge in [-0.05, 0) is 37.8 Å². The van der Waals surface area contributed by atoms with Crippen molar-refractivity contribution in [1.82, 2.24) is 20.1 Å². The van der Waals surface area contributed by atoms with Crippen molar-refractivity contribution in [1.29, 1.82) is 0 Å². The van der Waals surface area contributed by atoms with Gasteiger partial charge < -0.3 is 9.64 Å². The van der Waals surface area contributed by atoms with E-state index in [1.807, 2.05) is 6.92 Å². The number of likely N-dealkylation sites (tertiary alicyclic amines) is 1. The van der Waals surface area contributed by atoms with Crippen molar-refractivity contribution in [3.8, 4) is 11.4 Å². The van der Waals surface area contributed by atoms with Crippen molar-refractivity contribution in [2.45, 2.75) is 26.7 Å². The van der Waals surface area contributed by atoms with Crippen LogP contribution in [0.15, 0.2) is 24.3 Å². The van der Waals surface area contributed by atoms with E-state index in [0.717, 1.165) is 37.3 Å². The average molecular weight is 342 g/mol. The summed E-state index contributed by atoms with van der Waals surface area (Å²) in [5.74, 6) is 1.17. The second-order valence-electron chi connectivity index (χ2n) is 6.49. The molecule has 25 heavy (non-hydrogen) atoms. The predicted molar refractivity (Wildman–Crippen MR) is 91.8 cm³/mol. The van der Waals surface area contributed by atoms with Crippen LogP contribution in [0.2, 0.25) is 0 Å². The van der Waals surface area contributed by atoms with Crippen LogP contribution in [0.4, 0.5) is 0 Å². The van der Waals surface area contributed by atoms with Crippen LogP contribution in [0.25, 0.3) is 11.4 Å². The van der Waals surface area contributed by atoms with Gasteiger partial charge in [0, 0.05) is 18.7 Å². The lowest BCUT2D eigenvalue weighted by Crippen LogP contribution is -2.41. The summed E-state index contributed by atoms with van der Waals surface area (Å²) < 4.78 is 5.16. The van der Waals surface area contributed by atoms with E-state index in [0.29, 0.717) is 17.3 Å². The van der Waals surface area contributed by atoms with E-state index in [4.69, 9.17) is 4.74 Å². The van der Waals surface area contributed by atoms with E-state index in [9.17, 15) is 9.59 Å². The number of carbonyl (C=O) groups excluding carboxylic acids is 2. The zero-order valence-electron chi connectivity index (χ0n) is 14.5. The highest BCUT2D eigenvalue weighted by Gasteiger charge is 2.22. The van der Waals surface area contributed by atoms with E-state index < -0.39 is 5.97 Å². The number of aromatic amines is 1. The molecule has 2 aromatic rings. The number of ether oxygens (including phenoxy) is 1. The zero-order valence-corrected chi connectivity index (χ0v) is 14.5. The summed E-state index contributed by atoms with van der Waals surface area (Å²) in [4.78, 5) is 30.3. The van der Waals surface area contributed by atoms with Gasteiger partial charge in [-0.3, -0.25) is 9.89 Å². The van der Waals surface area contributed by atoms with Gasteiger partial charge in [-0.2, -0.15) is 5.10 Å². The van der Waals surface area contributed by atoms with Gasteiger partial charge in [-0.25, -0.2) is 9.78 Å². The number of benzene rings is 1. The van der Waals surface area contributed by atoms with E-state index in [2.05, 4.69) is 22.1 Å². The number of rotatable bonds is 4. The van der Waals surface area contributed by atoms with Crippen LogP contribution in [-0.4, -0.2) is 51.7 Å². The fourth-order valence-corrected chi connectivity index (χ4v) is 2.95. The van der Waals surface area contributed by atoms with Gasteiger partial charge in [0.05, 0.1) is 5.56 Å². The minimum Gasteiger partial charge on any atom is -0.452 e. The first-order chi connectivity index (χ1) is 12.0. The first-order valence-electron chi connectivity index (χ1n) is 8.47. The van der Waals surface area contributed by atoms with Crippen molar-refractivity contribution in [3.05, 3.63) is 35.7 Å². The van der Waals surface area contributed by atoms with Crippen LogP contribution < -0.4 is 0 Å². The number of aromatic nitrogens is 3. The number of hydrogen-bond donors (Lipinski definition) is 1. The number of carbonyl (C=O) groups is 2. The number of esters is 1. The van der Waals surface area contributed by atoms with E-state index in [1.165, 1.54) is 0 Å². The summed E-state index contributed by atoms with van der Waals surface area (Å²) in [6.45, 7) is 5.21. The normalized spacial score (nSPS) is 17.4. The Hall–Kier alpha value is -2.70. The first-order valence-corrected chi connectivity index (χ1v) is 8.47. The third-order valence-electron chi connectivity index (χ3n) is 4.31. The average Bonchev–Trinajstić information content (AvgIpc) is 3.06. The standard InChI is InChI=1S/C18H22N4O3/c1-12-4-3-9-22(10-12)16(23)11-25-18(24)15-7-5-14(6-8-15)17-19-13(2)20-21-17/h5-8,12H,3-4,9-11H2,1-2H3,(H,19,20,21)/t12-/m1/s1. The molecule has 1 aliphatic rings. The third kappa shape index (κ3) is 4.23. The molecule has 0 spiro atoms. The maximum absolute atomic E-state index is 12.1. The minimum absolute atomic E-state index is 0.132. The summed E-state index contributed by atoms with van der Waals surface area (Å²) in [5, 5.41) is 6.85. The molecule has 0 aliphatic carbocycles. The maximum Gasteiger partial charge on any atom is 0.338 e. The van der Waals surface area contributed by atoms with Crippen LogP contribution in [0.3, 0.4) is 0 Å². The van der Waals surface area contributed by atoms with Crippen molar-refractivity contribution >= 4 is 11.9 Å². The second-order valence-corrected chi connectivity index (χ2v) is 6.49. The Bertz CT molecular complexity index is 754. The van der Waals surface area contributed by atoms with E-state index >= 15 is 0 Å². The van der Waals surface area contributed by atoms with E-state index in [-0.39, 0.29) is 12.5 Å². The minimum atomic E-state index is -0.504. The van der Waals surface area contributed by atoms with Gasteiger partial charge in [0.1, 0.15) is 5.82 Å². The molecule has 1 fully saturated rings. The fourth-order valence-electron chi connectivity index (χ4n) is 2.95. The molecule has 7 heteroatoms. The number of nitrogens with one attached hydrogen (secondary N) is 1. The van der Waals surface area contributed by atoms with Crippen molar-refractivity contribution in [3.63, 3.8) is 0 Å². The topological polar surface area (TPSA) is 88.2 Å². The SMILES string of the molecule is Cc1nc(-c2ccc(C(=O)OCC(=O)N3CCC[C@@H](C)C3)cc2)n[nH]1. The lowest BCUT2D eigenvalue weighted by atomic mass is 10.0. The number of H-pyrrole nitrogens is 1. The summed E-state index contributed by atoms with van der Waals surface area (Å²) >= 11 is 0. The van der Waals surface area contributed by atoms with Crippen LogP contribution >= 0.6 is 0 Å². The number of aryl methyl sites for hydroxylation is 1. The maximum atomic E-state index is 12.1. The smallest absolute Gasteiger partial charge is 0.338 e. The molecule has 0 radical (unpaired) electrons. The monoisotopic (exact) mass is 342 g/mol. The molecule has 0 bridgehead atoms. The van der Waals surface area contributed by atoms with E-state index in [1.54, 1.807) is 29.2 Å². The third-order valence-corrected chi connectivity index (χ3v) is 4.31. The molecular formula is C18H22N4O3. The molecule has 2 heterocycles. The second kappa shape index (κ2) is 7.46. The molecule has 0 saturated carbocycles. The number of amides is 1. The molecule has 7 nitrogen and oxygen atoms in total. The first kappa shape index (κ1) is 17.1. The molecule has 0 unspecified atom stereocenters. The number of piperidine rings is 1. The van der Waals surface area contributed by atoms with Gasteiger partial charge in [0.2, 0.25) is 0 Å². The lowest BCUT2D eigenvalue weighted by molar-refractivity contribution is -0.136. The molecule has 1 amide bonds. The van der Waals surface area contributed by atoms with Gasteiger partial charge in [-0.1, -0.05) is 19.1 Å². The Kier molecular flexibility index (Phi) is 5.11. The molecule has 1 aliphatic heterocycles. The molecule has 1 atom stereocenters. The van der Waals surface area contributed by atoms with Gasteiger partial charge in [-0.15, -0.1) is 0 Å². The van der Waals surface area contributed by atoms with Gasteiger partial charge in [0.15, 0.2) is 12.4 Å². The van der Waals surface area contributed by atoms with Crippen molar-refractivity contribution in [2.24, 2.45) is 5.92 Å². The van der Waals surface area contributed by atoms with Gasteiger partial charge >= 0.3 is 5.97 Å². The molecule has 3 rings (SSSR count).